The van der Waals surface area contributed by atoms with Crippen LogP contribution in [0.4, 0.5) is 13.2 Å². The van der Waals surface area contributed by atoms with Gasteiger partial charge in [0.2, 0.25) is 0 Å². The smallest absolute Gasteiger partial charge is 0.330 e. The number of aliphatic hydroxyl groups is 1. The third kappa shape index (κ3) is 6.71. The molecule has 1 aromatic carbocycles. The van der Waals surface area contributed by atoms with Crippen LogP contribution in [0.2, 0.25) is 0 Å². The lowest BCUT2D eigenvalue weighted by Gasteiger charge is -2.33. The van der Waals surface area contributed by atoms with Crippen molar-refractivity contribution < 1.29 is 41.6 Å². The van der Waals surface area contributed by atoms with Crippen molar-refractivity contribution in [1.29, 1.82) is 0 Å². The van der Waals surface area contributed by atoms with Crippen molar-refractivity contribution in [3.8, 4) is 5.75 Å². The molecule has 0 bridgehead atoms. The van der Waals surface area contributed by atoms with Gasteiger partial charge in [0.05, 0.1) is 12.7 Å². The minimum absolute atomic E-state index is 0.167. The van der Waals surface area contributed by atoms with Gasteiger partial charge in [-0.25, -0.2) is 23.1 Å². The van der Waals surface area contributed by atoms with Gasteiger partial charge in [-0.05, 0) is 44.7 Å². The van der Waals surface area contributed by atoms with Crippen LogP contribution < -0.4 is 20.9 Å². The lowest BCUT2D eigenvalue weighted by molar-refractivity contribution is -0.182. The number of aliphatic hydroxyl groups excluding tert-OH is 1. The first-order chi connectivity index (χ1) is 17.8. The van der Waals surface area contributed by atoms with E-state index in [1.807, 2.05) is 4.98 Å². The predicted octanol–water partition coefficient (Wildman–Crippen LogP) is 2.02. The van der Waals surface area contributed by atoms with Crippen molar-refractivity contribution in [3.05, 3.63) is 63.4 Å². The highest BCUT2D eigenvalue weighted by Crippen LogP contribution is 2.50. The third-order valence-corrected chi connectivity index (χ3v) is 7.86. The molecule has 3 rings (SSSR count). The van der Waals surface area contributed by atoms with Crippen LogP contribution in [0.3, 0.4) is 0 Å². The van der Waals surface area contributed by atoms with E-state index in [2.05, 4.69) is 5.09 Å². The number of hydrogen-bond acceptors (Lipinski definition) is 9. The van der Waals surface area contributed by atoms with E-state index in [0.29, 0.717) is 4.57 Å². The molecule has 0 saturated carbocycles. The summed E-state index contributed by atoms with van der Waals surface area (Å²) in [4.78, 5) is 37.7. The highest BCUT2D eigenvalue weighted by atomic mass is 32.5. The Bertz CT molecular complexity index is 1280. The highest BCUT2D eigenvalue weighted by molar-refractivity contribution is 8.09. The van der Waals surface area contributed by atoms with Crippen LogP contribution >= 0.6 is 6.64 Å². The largest absolute Gasteiger partial charge is 0.462 e. The number of benzene rings is 1. The van der Waals surface area contributed by atoms with Crippen LogP contribution in [-0.4, -0.2) is 63.7 Å². The Morgan fingerprint density at radius 3 is 2.50 bits per heavy atom. The Balaban J connectivity index is 1.90. The zero-order chi connectivity index (χ0) is 28.3. The molecule has 0 radical (unpaired) electrons. The number of aromatic amines is 1. The monoisotopic (exact) mass is 581 g/mol. The van der Waals surface area contributed by atoms with E-state index >= 15 is 4.39 Å². The highest BCUT2D eigenvalue weighted by Gasteiger charge is 2.62. The average Bonchev–Trinajstić information content (AvgIpc) is 3.09. The normalized spacial score (nSPS) is 25.8. The molecule has 2 aromatic rings. The third-order valence-electron chi connectivity index (χ3n) is 5.38. The van der Waals surface area contributed by atoms with Gasteiger partial charge in [-0.15, -0.1) is 0 Å². The Labute approximate surface area is 220 Å². The number of H-pyrrole nitrogens is 1. The number of esters is 1. The van der Waals surface area contributed by atoms with Crippen molar-refractivity contribution in [2.45, 2.75) is 63.4 Å². The minimum Gasteiger partial charge on any atom is -0.462 e. The minimum atomic E-state index is -3.88. The Morgan fingerprint density at radius 2 is 1.92 bits per heavy atom. The van der Waals surface area contributed by atoms with Gasteiger partial charge in [0.25, 0.3) is 12.0 Å². The summed E-state index contributed by atoms with van der Waals surface area (Å²) in [6, 6.07) is 7.65. The molecule has 210 valence electrons. The van der Waals surface area contributed by atoms with Crippen molar-refractivity contribution in [2.75, 3.05) is 6.61 Å². The van der Waals surface area contributed by atoms with Crippen LogP contribution in [0.25, 0.3) is 0 Å². The molecular weight excluding hydrogens is 554 g/mol. The summed E-state index contributed by atoms with van der Waals surface area (Å²) in [5.41, 5.74) is -5.00. The number of para-hydroxylation sites is 1. The van der Waals surface area contributed by atoms with Crippen molar-refractivity contribution in [3.63, 3.8) is 0 Å². The standard InChI is InChI=1S/C22H27F3N3O8PS/c1-12(2)34-19(31)13(3)27-37(38,36-14-7-5-4-6-8-14)33-11-22(20(24)25)17(23)16(30)18(35-22)28-10-9-15(29)26-21(28)32/h4-10,12-13,16-18,20,30H,11H2,1-3H3,(H,27,38)(H,26,29,32)/t13-,16+,17-,18+,22+,37?/m0/s1. The molecule has 6 atom stereocenters. The molecule has 0 amide bonds. The number of halogens is 3. The number of nitrogens with one attached hydrogen (secondary N) is 2. The molecule has 38 heavy (non-hydrogen) atoms. The van der Waals surface area contributed by atoms with E-state index in [4.69, 9.17) is 30.3 Å². The van der Waals surface area contributed by atoms with Gasteiger partial charge in [0.1, 0.15) is 17.9 Å². The van der Waals surface area contributed by atoms with Gasteiger partial charge < -0.3 is 23.6 Å². The van der Waals surface area contributed by atoms with Crippen LogP contribution in [0, 0.1) is 0 Å². The molecule has 0 spiro atoms. The quantitative estimate of drug-likeness (QED) is 0.267. The van der Waals surface area contributed by atoms with Crippen LogP contribution in [0.5, 0.6) is 5.75 Å². The zero-order valence-corrected chi connectivity index (χ0v) is 22.2. The lowest BCUT2D eigenvalue weighted by atomic mass is 9.98. The van der Waals surface area contributed by atoms with Crippen LogP contribution in [-0.2, 0) is 30.6 Å². The molecule has 1 fully saturated rings. The van der Waals surface area contributed by atoms with Crippen molar-refractivity contribution >= 4 is 24.4 Å². The second-order valence-electron chi connectivity index (χ2n) is 8.69. The second kappa shape index (κ2) is 12.1. The summed E-state index contributed by atoms with van der Waals surface area (Å²) in [5, 5.41) is 13.0. The van der Waals surface area contributed by atoms with E-state index in [9.17, 15) is 28.3 Å². The molecule has 3 N–H and O–H groups in total. The molecular formula is C22H27F3N3O8PS. The maximum Gasteiger partial charge on any atom is 0.330 e. The number of carbonyl (C=O) groups is 1. The summed E-state index contributed by atoms with van der Waals surface area (Å²) in [5.74, 6) is -0.563. The molecule has 2 heterocycles. The molecule has 0 aliphatic carbocycles. The fourth-order valence-corrected chi connectivity index (χ4v) is 5.93. The first-order valence-corrected chi connectivity index (χ1v) is 14.0. The average molecular weight is 582 g/mol. The van der Waals surface area contributed by atoms with Crippen molar-refractivity contribution in [2.24, 2.45) is 0 Å². The number of hydrogen-bond donors (Lipinski definition) is 3. The Hall–Kier alpha value is -2.55. The van der Waals surface area contributed by atoms with Crippen LogP contribution in [0.1, 0.15) is 27.0 Å². The number of carbonyl (C=O) groups excluding carboxylic acids is 1. The summed E-state index contributed by atoms with van der Waals surface area (Å²) in [6.45, 7) is -0.480. The van der Waals surface area contributed by atoms with Gasteiger partial charge in [0.15, 0.2) is 18.0 Å². The van der Waals surface area contributed by atoms with E-state index in [-0.39, 0.29) is 5.75 Å². The Morgan fingerprint density at radius 1 is 1.26 bits per heavy atom. The summed E-state index contributed by atoms with van der Waals surface area (Å²) < 4.78 is 66.2. The molecule has 1 saturated heterocycles. The van der Waals surface area contributed by atoms with Gasteiger partial charge in [-0.1, -0.05) is 18.2 Å². The molecule has 1 aliphatic heterocycles. The fraction of sp³-hybridized carbons (Fsp3) is 0.500. The SMILES string of the molecule is CC(C)OC(=O)[C@H](C)NP(=S)(OC[C@@]1(C(F)F)O[C@@H](n2ccc(=O)[nH]c2=O)[C@H](O)[C@@H]1F)Oc1ccccc1. The molecule has 1 aromatic heterocycles. The fourth-order valence-electron chi connectivity index (χ4n) is 3.51. The summed E-state index contributed by atoms with van der Waals surface area (Å²) in [6.07, 6.45) is -10.1. The van der Waals surface area contributed by atoms with Gasteiger partial charge in [-0.2, -0.15) is 0 Å². The van der Waals surface area contributed by atoms with Gasteiger partial charge >= 0.3 is 18.3 Å². The van der Waals surface area contributed by atoms with E-state index < -0.39 is 73.1 Å². The predicted molar refractivity (Wildman–Crippen MR) is 132 cm³/mol. The van der Waals surface area contributed by atoms with Crippen LogP contribution in [0.15, 0.2) is 52.2 Å². The second-order valence-corrected chi connectivity index (χ2v) is 11.8. The number of nitrogens with zero attached hydrogens (tertiary/aromatic N) is 1. The number of ether oxygens (including phenoxy) is 2. The van der Waals surface area contributed by atoms with Crippen molar-refractivity contribution in [1.82, 2.24) is 14.6 Å². The lowest BCUT2D eigenvalue weighted by Crippen LogP contribution is -2.51. The zero-order valence-electron chi connectivity index (χ0n) is 20.5. The number of alkyl halides is 3. The topological polar surface area (TPSA) is 141 Å². The number of aromatic nitrogens is 2. The number of rotatable bonds is 11. The summed E-state index contributed by atoms with van der Waals surface area (Å²) in [7, 11) is 0. The van der Waals surface area contributed by atoms with Gasteiger partial charge in [-0.3, -0.25) is 19.1 Å². The molecule has 1 aliphatic rings. The first kappa shape index (κ1) is 30.0. The first-order valence-electron chi connectivity index (χ1n) is 11.3. The van der Waals surface area contributed by atoms with E-state index in [1.54, 1.807) is 32.0 Å². The maximum absolute atomic E-state index is 15.3. The summed E-state index contributed by atoms with van der Waals surface area (Å²) >= 11 is 5.46. The Kier molecular flexibility index (Phi) is 9.55. The molecule has 1 unspecified atom stereocenters. The van der Waals surface area contributed by atoms with Gasteiger partial charge in [0, 0.05) is 12.3 Å². The molecule has 11 nitrogen and oxygen atoms in total. The van der Waals surface area contributed by atoms with E-state index in [1.165, 1.54) is 19.1 Å². The molecule has 16 heteroatoms. The van der Waals surface area contributed by atoms with E-state index in [0.717, 1.165) is 12.3 Å². The maximum atomic E-state index is 15.3.